The molecule has 2 aromatic rings. The smallest absolute Gasteiger partial charge is 0.193 e. The van der Waals surface area contributed by atoms with Crippen LogP contribution in [0.15, 0.2) is 44.6 Å². The topological polar surface area (TPSA) is 53.9 Å². The lowest BCUT2D eigenvalue weighted by atomic mass is 10.1. The first-order valence-corrected chi connectivity index (χ1v) is 10.7. The third-order valence-corrected chi connectivity index (χ3v) is 6.39. The summed E-state index contributed by atoms with van der Waals surface area (Å²) >= 11 is 3.71. The summed E-state index contributed by atoms with van der Waals surface area (Å²) in [5, 5.41) is 2.01. The van der Waals surface area contributed by atoms with Crippen LogP contribution in [0.25, 0.3) is 0 Å². The van der Waals surface area contributed by atoms with Crippen molar-refractivity contribution in [1.29, 1.82) is 0 Å². The molecular weight excluding hydrogens is 422 g/mol. The molecule has 0 bridgehead atoms. The highest BCUT2D eigenvalue weighted by Crippen LogP contribution is 2.31. The monoisotopic (exact) mass is 441 g/mol. The van der Waals surface area contributed by atoms with Crippen LogP contribution in [0, 0.1) is 0 Å². The Hall–Kier alpha value is -0.700. The third kappa shape index (κ3) is 4.72. The van der Waals surface area contributed by atoms with Gasteiger partial charge in [-0.05, 0) is 39.0 Å². The van der Waals surface area contributed by atoms with Gasteiger partial charge in [0.1, 0.15) is 21.8 Å². The van der Waals surface area contributed by atoms with E-state index in [4.69, 9.17) is 9.47 Å². The van der Waals surface area contributed by atoms with Crippen LogP contribution < -0.4 is 0 Å². The molecule has 3 rings (SSSR count). The molecule has 0 radical (unpaired) electrons. The van der Waals surface area contributed by atoms with Crippen molar-refractivity contribution >= 4 is 44.3 Å². The summed E-state index contributed by atoms with van der Waals surface area (Å²) in [4.78, 5) is 0.997. The molecule has 1 atom stereocenters. The predicted octanol–water partition coefficient (Wildman–Crippen LogP) is 4.86. The minimum absolute atomic E-state index is 0.310. The molecule has 0 spiro atoms. The van der Waals surface area contributed by atoms with E-state index in [9.17, 15) is 4.55 Å². The Kier molecular flexibility index (Phi) is 6.03. The number of nitrogens with zero attached hydrogens (tertiary/aromatic N) is 1. The van der Waals surface area contributed by atoms with Gasteiger partial charge in [-0.3, -0.25) is 0 Å². The van der Waals surface area contributed by atoms with E-state index in [1.54, 1.807) is 11.3 Å². The van der Waals surface area contributed by atoms with Crippen molar-refractivity contribution in [2.24, 2.45) is 4.40 Å². The molecule has 0 saturated carbocycles. The number of thiophene rings is 1. The molecule has 1 fully saturated rings. The molecule has 1 aliphatic heterocycles. The molecule has 1 saturated heterocycles. The number of benzene rings is 1. The van der Waals surface area contributed by atoms with Crippen molar-refractivity contribution in [3.8, 4) is 0 Å². The highest BCUT2D eigenvalue weighted by atomic mass is 79.9. The first-order chi connectivity index (χ1) is 11.8. The van der Waals surface area contributed by atoms with E-state index in [0.29, 0.717) is 13.2 Å². The first-order valence-electron chi connectivity index (χ1n) is 7.93. The molecule has 2 heterocycles. The molecule has 0 N–H and O–H groups in total. The highest BCUT2D eigenvalue weighted by Gasteiger charge is 2.29. The molecule has 4 nitrogen and oxygen atoms in total. The van der Waals surface area contributed by atoms with Gasteiger partial charge in [0.25, 0.3) is 0 Å². The number of rotatable bonds is 4. The summed E-state index contributed by atoms with van der Waals surface area (Å²) < 4.78 is 28.9. The molecule has 1 aliphatic rings. The second-order valence-electron chi connectivity index (χ2n) is 6.62. The Bertz CT molecular complexity index is 764. The molecular formula is C18H20BrNO3S2. The van der Waals surface area contributed by atoms with Gasteiger partial charge in [-0.2, -0.15) is 0 Å². The Morgan fingerprint density at radius 3 is 2.60 bits per heavy atom. The van der Waals surface area contributed by atoms with Crippen molar-refractivity contribution in [1.82, 2.24) is 0 Å². The fourth-order valence-electron chi connectivity index (χ4n) is 2.25. The average molecular weight is 442 g/mol. The summed E-state index contributed by atoms with van der Waals surface area (Å²) in [7, 11) is 0. The van der Waals surface area contributed by atoms with Crippen molar-refractivity contribution < 1.29 is 14.0 Å². The minimum Gasteiger partial charge on any atom is -0.591 e. The second-order valence-corrected chi connectivity index (χ2v) is 10.4. The van der Waals surface area contributed by atoms with Gasteiger partial charge in [-0.25, -0.2) is 0 Å². The molecule has 134 valence electrons. The van der Waals surface area contributed by atoms with Crippen molar-refractivity contribution in [3.63, 3.8) is 0 Å². The molecule has 1 aromatic carbocycles. The van der Waals surface area contributed by atoms with Gasteiger partial charge in [-0.15, -0.1) is 11.3 Å². The fraction of sp³-hybridized carbons (Fsp3) is 0.389. The van der Waals surface area contributed by atoms with E-state index in [1.807, 2.05) is 56.5 Å². The van der Waals surface area contributed by atoms with E-state index in [2.05, 4.69) is 20.3 Å². The van der Waals surface area contributed by atoms with Crippen LogP contribution in [0.3, 0.4) is 0 Å². The minimum atomic E-state index is -1.35. The Morgan fingerprint density at radius 1 is 1.24 bits per heavy atom. The van der Waals surface area contributed by atoms with Crippen molar-refractivity contribution in [2.45, 2.75) is 31.8 Å². The van der Waals surface area contributed by atoms with Crippen LogP contribution in [-0.2, 0) is 20.8 Å². The molecule has 25 heavy (non-hydrogen) atoms. The summed E-state index contributed by atoms with van der Waals surface area (Å²) in [6, 6.07) is 9.88. The van der Waals surface area contributed by atoms with Gasteiger partial charge in [-0.1, -0.05) is 32.5 Å². The lowest BCUT2D eigenvalue weighted by molar-refractivity contribution is -0.0413. The third-order valence-electron chi connectivity index (χ3n) is 3.54. The van der Waals surface area contributed by atoms with Gasteiger partial charge in [0.2, 0.25) is 0 Å². The number of ether oxygens (including phenoxy) is 2. The first kappa shape index (κ1) is 19.1. The summed E-state index contributed by atoms with van der Waals surface area (Å²) in [6.45, 7) is 6.98. The van der Waals surface area contributed by atoms with Gasteiger partial charge < -0.3 is 14.0 Å². The SMILES string of the molecule is CC(C)(C)[S@@+]([O-])/N=C(\c1cccc(Br)c1)c1csc(C2OCCO2)c1. The lowest BCUT2D eigenvalue weighted by Crippen LogP contribution is -2.27. The zero-order chi connectivity index (χ0) is 18.0. The van der Waals surface area contributed by atoms with E-state index in [-0.39, 0.29) is 6.29 Å². The van der Waals surface area contributed by atoms with Crippen LogP contribution in [0.4, 0.5) is 0 Å². The van der Waals surface area contributed by atoms with Crippen LogP contribution in [0.1, 0.15) is 43.1 Å². The van der Waals surface area contributed by atoms with Gasteiger partial charge in [0, 0.05) is 21.0 Å². The van der Waals surface area contributed by atoms with Crippen molar-refractivity contribution in [2.75, 3.05) is 13.2 Å². The number of hydrogen-bond donors (Lipinski definition) is 0. The van der Waals surface area contributed by atoms with Crippen LogP contribution in [0.2, 0.25) is 0 Å². The molecule has 1 aromatic heterocycles. The molecule has 0 unspecified atom stereocenters. The lowest BCUT2D eigenvalue weighted by Gasteiger charge is -2.19. The maximum absolute atomic E-state index is 12.6. The van der Waals surface area contributed by atoms with E-state index >= 15 is 0 Å². The maximum Gasteiger partial charge on any atom is 0.193 e. The summed E-state index contributed by atoms with van der Waals surface area (Å²) in [5.41, 5.74) is 2.56. The largest absolute Gasteiger partial charge is 0.591 e. The quantitative estimate of drug-likeness (QED) is 0.502. The maximum atomic E-state index is 12.6. The summed E-state index contributed by atoms with van der Waals surface area (Å²) in [5.74, 6) is 0. The second kappa shape index (κ2) is 7.90. The molecule has 0 aliphatic carbocycles. The van der Waals surface area contributed by atoms with Crippen LogP contribution in [0.5, 0.6) is 0 Å². The van der Waals surface area contributed by atoms with Crippen LogP contribution >= 0.6 is 27.3 Å². The summed E-state index contributed by atoms with van der Waals surface area (Å²) in [6.07, 6.45) is -0.310. The average Bonchev–Trinajstić information content (AvgIpc) is 3.22. The van der Waals surface area contributed by atoms with Crippen LogP contribution in [-0.4, -0.2) is 28.2 Å². The van der Waals surface area contributed by atoms with Crippen molar-refractivity contribution in [3.05, 3.63) is 56.2 Å². The number of halogens is 1. The van der Waals surface area contributed by atoms with Gasteiger partial charge in [0.05, 0.1) is 18.1 Å². The standard InChI is InChI=1S/C18H20BrNO3S2/c1-18(2,3)25(21)20-16(12-5-4-6-14(19)9-12)13-10-15(24-11-13)17-22-7-8-23-17/h4-6,9-11,17H,7-8H2,1-3H3/b20-16+/t25-/m1/s1. The molecule has 7 heteroatoms. The number of hydrogen-bond acceptors (Lipinski definition) is 5. The highest BCUT2D eigenvalue weighted by molar-refractivity contribution is 9.10. The Morgan fingerprint density at radius 2 is 1.96 bits per heavy atom. The van der Waals surface area contributed by atoms with Gasteiger partial charge in [0.15, 0.2) is 6.29 Å². The normalized spacial score (nSPS) is 17.9. The zero-order valence-corrected chi connectivity index (χ0v) is 17.5. The Labute approximate surface area is 163 Å². The zero-order valence-electron chi connectivity index (χ0n) is 14.3. The predicted molar refractivity (Wildman–Crippen MR) is 107 cm³/mol. The van der Waals surface area contributed by atoms with E-state index < -0.39 is 16.1 Å². The van der Waals surface area contributed by atoms with E-state index in [0.717, 1.165) is 26.2 Å². The molecule has 0 amide bonds. The Balaban J connectivity index is 2.00. The van der Waals surface area contributed by atoms with E-state index in [1.165, 1.54) is 0 Å². The van der Waals surface area contributed by atoms with Gasteiger partial charge >= 0.3 is 0 Å². The fourth-order valence-corrected chi connectivity index (χ4v) is 4.19.